The van der Waals surface area contributed by atoms with Crippen molar-refractivity contribution < 1.29 is 9.84 Å². The predicted octanol–water partition coefficient (Wildman–Crippen LogP) is 1.19. The third kappa shape index (κ3) is 3.92. The minimum Gasteiger partial charge on any atom is -0.396 e. The van der Waals surface area contributed by atoms with Gasteiger partial charge in [0, 0.05) is 19.3 Å². The lowest BCUT2D eigenvalue weighted by Crippen LogP contribution is -2.46. The summed E-state index contributed by atoms with van der Waals surface area (Å²) in [7, 11) is 0. The van der Waals surface area contributed by atoms with E-state index < -0.39 is 6.41 Å². The summed E-state index contributed by atoms with van der Waals surface area (Å²) in [6.45, 7) is 7.41. The number of hydrogen-bond donors (Lipinski definition) is 2. The van der Waals surface area contributed by atoms with Crippen molar-refractivity contribution in [3.8, 4) is 0 Å². The number of nitrogens with zero attached hydrogens (tertiary/aromatic N) is 3. The lowest BCUT2D eigenvalue weighted by atomic mass is 10.1. The Morgan fingerprint density at radius 1 is 1.42 bits per heavy atom. The van der Waals surface area contributed by atoms with Crippen molar-refractivity contribution in [2.45, 2.75) is 51.7 Å². The lowest BCUT2D eigenvalue weighted by molar-refractivity contribution is -0.243. The third-order valence-electron chi connectivity index (χ3n) is 3.27. The number of nitrogen functional groups attached to an aromatic ring is 1. The van der Waals surface area contributed by atoms with Gasteiger partial charge in [-0.3, -0.25) is 9.58 Å². The Morgan fingerprint density at radius 2 is 2.05 bits per heavy atom. The maximum Gasteiger partial charge on any atom is 0.216 e. The van der Waals surface area contributed by atoms with Crippen molar-refractivity contribution in [2.75, 3.05) is 18.8 Å². The molecule has 1 fully saturated rings. The molecule has 1 aromatic rings. The number of rotatable bonds is 3. The molecular weight excluding hydrogens is 244 g/mol. The summed E-state index contributed by atoms with van der Waals surface area (Å²) >= 11 is 0. The van der Waals surface area contributed by atoms with E-state index in [1.807, 2.05) is 36.5 Å². The van der Waals surface area contributed by atoms with Crippen LogP contribution in [0.25, 0.3) is 0 Å². The summed E-state index contributed by atoms with van der Waals surface area (Å²) in [5.74, 6) is 0. The maximum atomic E-state index is 10.0. The second kappa shape index (κ2) is 5.48. The van der Waals surface area contributed by atoms with Crippen LogP contribution in [0.15, 0.2) is 12.4 Å². The second-order valence-electron chi connectivity index (χ2n) is 6.08. The Balaban J connectivity index is 1.85. The van der Waals surface area contributed by atoms with Crippen LogP contribution in [0.1, 0.15) is 39.7 Å². The molecule has 2 heterocycles. The van der Waals surface area contributed by atoms with Gasteiger partial charge in [0.2, 0.25) is 6.41 Å². The Kier molecular flexibility index (Phi) is 4.13. The summed E-state index contributed by atoms with van der Waals surface area (Å²) in [5.41, 5.74) is 6.03. The van der Waals surface area contributed by atoms with Gasteiger partial charge in [-0.1, -0.05) is 0 Å². The second-order valence-corrected chi connectivity index (χ2v) is 6.08. The van der Waals surface area contributed by atoms with E-state index in [0.29, 0.717) is 11.7 Å². The topological polar surface area (TPSA) is 76.5 Å². The summed E-state index contributed by atoms with van der Waals surface area (Å²) in [6.07, 6.45) is 4.58. The number of anilines is 1. The van der Waals surface area contributed by atoms with Crippen LogP contribution in [-0.2, 0) is 4.74 Å². The molecule has 2 rings (SSSR count). The van der Waals surface area contributed by atoms with E-state index in [9.17, 15) is 5.11 Å². The van der Waals surface area contributed by atoms with Gasteiger partial charge in [0.05, 0.1) is 23.5 Å². The molecule has 1 aliphatic heterocycles. The molecule has 6 heteroatoms. The molecule has 1 saturated heterocycles. The van der Waals surface area contributed by atoms with Gasteiger partial charge in [-0.25, -0.2) is 0 Å². The summed E-state index contributed by atoms with van der Waals surface area (Å²) in [6, 6.07) is 0.357. The van der Waals surface area contributed by atoms with Gasteiger partial charge in [-0.2, -0.15) is 5.10 Å². The largest absolute Gasteiger partial charge is 0.396 e. The van der Waals surface area contributed by atoms with E-state index in [1.165, 1.54) is 0 Å². The van der Waals surface area contributed by atoms with Gasteiger partial charge in [0.1, 0.15) is 0 Å². The van der Waals surface area contributed by atoms with Crippen LogP contribution in [0.5, 0.6) is 0 Å². The minimum absolute atomic E-state index is 0.341. The molecule has 0 amide bonds. The van der Waals surface area contributed by atoms with E-state index in [4.69, 9.17) is 10.5 Å². The molecule has 1 unspecified atom stereocenters. The number of nitrogens with two attached hydrogens (primary N) is 1. The van der Waals surface area contributed by atoms with Crippen molar-refractivity contribution in [3.05, 3.63) is 12.4 Å². The standard InChI is InChI=1S/C13H24N4O2/c1-13(2,3)19-12(18)16-6-4-11(5-7-16)17-9-10(14)8-15-17/h8-9,11-12,18H,4-7,14H2,1-3H3. The summed E-state index contributed by atoms with van der Waals surface area (Å²) in [4.78, 5) is 1.95. The minimum atomic E-state index is -0.830. The van der Waals surface area contributed by atoms with Crippen LogP contribution in [0.3, 0.4) is 0 Å². The Labute approximate surface area is 114 Å². The highest BCUT2D eigenvalue weighted by Gasteiger charge is 2.28. The van der Waals surface area contributed by atoms with Crippen LogP contribution < -0.4 is 5.73 Å². The monoisotopic (exact) mass is 268 g/mol. The fourth-order valence-electron chi connectivity index (χ4n) is 2.31. The van der Waals surface area contributed by atoms with Crippen molar-refractivity contribution in [2.24, 2.45) is 0 Å². The number of hydrogen-bond acceptors (Lipinski definition) is 5. The number of aliphatic hydroxyl groups is 1. The highest BCUT2D eigenvalue weighted by atomic mass is 16.6. The van der Waals surface area contributed by atoms with Gasteiger partial charge in [-0.15, -0.1) is 0 Å². The molecule has 0 aliphatic carbocycles. The summed E-state index contributed by atoms with van der Waals surface area (Å²) in [5, 5.41) is 14.3. The zero-order valence-electron chi connectivity index (χ0n) is 11.9. The molecule has 6 nitrogen and oxygen atoms in total. The molecule has 108 valence electrons. The smallest absolute Gasteiger partial charge is 0.216 e. The van der Waals surface area contributed by atoms with Crippen LogP contribution in [0.2, 0.25) is 0 Å². The highest BCUT2D eigenvalue weighted by molar-refractivity contribution is 5.30. The first-order chi connectivity index (χ1) is 8.85. The fourth-order valence-corrected chi connectivity index (χ4v) is 2.31. The van der Waals surface area contributed by atoms with Crippen molar-refractivity contribution in [1.29, 1.82) is 0 Å². The predicted molar refractivity (Wildman–Crippen MR) is 73.3 cm³/mol. The third-order valence-corrected chi connectivity index (χ3v) is 3.27. The highest BCUT2D eigenvalue weighted by Crippen LogP contribution is 2.24. The quantitative estimate of drug-likeness (QED) is 0.805. The van der Waals surface area contributed by atoms with E-state index in [-0.39, 0.29) is 5.60 Å². The molecular formula is C13H24N4O2. The zero-order chi connectivity index (χ0) is 14.0. The molecule has 0 radical (unpaired) electrons. The molecule has 0 saturated carbocycles. The molecule has 1 aromatic heterocycles. The molecule has 19 heavy (non-hydrogen) atoms. The molecule has 1 atom stereocenters. The first kappa shape index (κ1) is 14.3. The van der Waals surface area contributed by atoms with Gasteiger partial charge >= 0.3 is 0 Å². The number of likely N-dealkylation sites (tertiary alicyclic amines) is 1. The van der Waals surface area contributed by atoms with Gasteiger partial charge in [0.25, 0.3) is 0 Å². The van der Waals surface area contributed by atoms with Crippen LogP contribution >= 0.6 is 0 Å². The summed E-state index contributed by atoms with van der Waals surface area (Å²) < 4.78 is 7.48. The average molecular weight is 268 g/mol. The molecule has 1 aliphatic rings. The van der Waals surface area contributed by atoms with Gasteiger partial charge in [-0.05, 0) is 33.6 Å². The lowest BCUT2D eigenvalue weighted by Gasteiger charge is -2.37. The van der Waals surface area contributed by atoms with E-state index >= 15 is 0 Å². The normalized spacial score (nSPS) is 20.6. The van der Waals surface area contributed by atoms with Crippen molar-refractivity contribution >= 4 is 5.69 Å². The molecule has 0 aromatic carbocycles. The van der Waals surface area contributed by atoms with Crippen molar-refractivity contribution in [1.82, 2.24) is 14.7 Å². The number of ether oxygens (including phenoxy) is 1. The molecule has 0 spiro atoms. The van der Waals surface area contributed by atoms with Crippen LogP contribution in [-0.4, -0.2) is 44.9 Å². The van der Waals surface area contributed by atoms with E-state index in [1.54, 1.807) is 6.20 Å². The van der Waals surface area contributed by atoms with E-state index in [2.05, 4.69) is 5.10 Å². The van der Waals surface area contributed by atoms with Gasteiger partial charge < -0.3 is 15.6 Å². The Bertz CT molecular complexity index is 405. The molecule has 0 bridgehead atoms. The average Bonchev–Trinajstić information content (AvgIpc) is 2.74. The van der Waals surface area contributed by atoms with Crippen molar-refractivity contribution in [3.63, 3.8) is 0 Å². The van der Waals surface area contributed by atoms with Gasteiger partial charge in [0.15, 0.2) is 0 Å². The zero-order valence-corrected chi connectivity index (χ0v) is 11.9. The number of aromatic nitrogens is 2. The maximum absolute atomic E-state index is 10.0. The van der Waals surface area contributed by atoms with E-state index in [0.717, 1.165) is 25.9 Å². The Hall–Kier alpha value is -1.11. The molecule has 3 N–H and O–H groups in total. The van der Waals surface area contributed by atoms with Crippen LogP contribution in [0, 0.1) is 0 Å². The van der Waals surface area contributed by atoms with Crippen LogP contribution in [0.4, 0.5) is 5.69 Å². The number of piperidine rings is 1. The first-order valence-corrected chi connectivity index (χ1v) is 6.75. The SMILES string of the molecule is CC(C)(C)OC(O)N1CCC(n2cc(N)cn2)CC1. The fraction of sp³-hybridized carbons (Fsp3) is 0.769. The Morgan fingerprint density at radius 3 is 2.53 bits per heavy atom. The first-order valence-electron chi connectivity index (χ1n) is 6.75. The number of aliphatic hydroxyl groups excluding tert-OH is 1.